The molecule has 0 aliphatic carbocycles. The van der Waals surface area contributed by atoms with Gasteiger partial charge in [0.2, 0.25) is 0 Å². The third-order valence-corrected chi connectivity index (χ3v) is 2.58. The highest BCUT2D eigenvalue weighted by atomic mass is 35.5. The first-order valence-corrected chi connectivity index (χ1v) is 5.69. The Bertz CT molecular complexity index is 425. The van der Waals surface area contributed by atoms with Crippen molar-refractivity contribution in [2.24, 2.45) is 0 Å². The first-order chi connectivity index (χ1) is 8.43. The van der Waals surface area contributed by atoms with Crippen LogP contribution in [-0.4, -0.2) is 43.2 Å². The summed E-state index contributed by atoms with van der Waals surface area (Å²) in [7, 11) is 3.81. The van der Waals surface area contributed by atoms with Gasteiger partial charge >= 0.3 is 0 Å². The van der Waals surface area contributed by atoms with Gasteiger partial charge in [0.25, 0.3) is 5.91 Å². The normalized spacial score (nSPS) is 11.9. The largest absolute Gasteiger partial charge is 0.595 e. The Morgan fingerprint density at radius 3 is 2.63 bits per heavy atom. The van der Waals surface area contributed by atoms with Gasteiger partial charge in [0.1, 0.15) is 5.56 Å². The molecule has 19 heavy (non-hydrogen) atoms. The molecule has 7 heteroatoms. The number of likely N-dealkylation sites (N-methyl/N-ethyl adjacent to an activating group) is 1. The monoisotopic (exact) mass is 289 g/mol. The van der Waals surface area contributed by atoms with Gasteiger partial charge in [-0.2, -0.15) is 5.23 Å². The number of rotatable bonds is 5. The fourth-order valence-electron chi connectivity index (χ4n) is 1.63. The molecule has 108 valence electrons. The average molecular weight is 290 g/mol. The number of halogens is 1. The van der Waals surface area contributed by atoms with Crippen LogP contribution in [0.15, 0.2) is 18.2 Å². The number of hydrogen-bond acceptors (Lipinski definition) is 4. The van der Waals surface area contributed by atoms with Crippen molar-refractivity contribution >= 4 is 24.0 Å². The van der Waals surface area contributed by atoms with Crippen molar-refractivity contribution in [2.45, 2.75) is 6.92 Å². The van der Waals surface area contributed by atoms with Gasteiger partial charge in [0, 0.05) is 18.7 Å². The van der Waals surface area contributed by atoms with Crippen molar-refractivity contribution in [1.29, 1.82) is 0 Å². The smallest absolute Gasteiger partial charge is 0.257 e. The maximum absolute atomic E-state index is 11.9. The van der Waals surface area contributed by atoms with Crippen LogP contribution >= 0.6 is 12.4 Å². The van der Waals surface area contributed by atoms with Crippen molar-refractivity contribution in [2.75, 3.05) is 27.2 Å². The number of aryl methyl sites for hydroxylation is 1. The molecular formula is C12H20ClN3O3. The van der Waals surface area contributed by atoms with Gasteiger partial charge in [-0.05, 0) is 27.1 Å². The molecule has 0 aliphatic rings. The Balaban J connectivity index is 0.00000324. The number of para-hydroxylation sites is 1. The van der Waals surface area contributed by atoms with Gasteiger partial charge in [-0.25, -0.2) is 5.21 Å². The molecule has 1 rings (SSSR count). The number of quaternary nitrogens is 1. The van der Waals surface area contributed by atoms with Crippen molar-refractivity contribution in [1.82, 2.24) is 10.2 Å². The number of nitrogens with one attached hydrogen (secondary N) is 2. The van der Waals surface area contributed by atoms with Crippen LogP contribution < -0.4 is 10.5 Å². The third kappa shape index (κ3) is 5.14. The zero-order valence-corrected chi connectivity index (χ0v) is 12.1. The number of nitrogens with zero attached hydrogens (tertiary/aromatic N) is 1. The first-order valence-electron chi connectivity index (χ1n) is 5.69. The highest BCUT2D eigenvalue weighted by Crippen LogP contribution is 2.15. The summed E-state index contributed by atoms with van der Waals surface area (Å²) in [5.74, 6) is -0.349. The highest BCUT2D eigenvalue weighted by molar-refractivity contribution is 5.98. The van der Waals surface area contributed by atoms with Crippen LogP contribution in [0.5, 0.6) is 0 Å². The predicted octanol–water partition coefficient (Wildman–Crippen LogP) is 0.112. The van der Waals surface area contributed by atoms with E-state index in [1.807, 2.05) is 19.0 Å². The first kappa shape index (κ1) is 17.8. The minimum Gasteiger partial charge on any atom is -0.595 e. The van der Waals surface area contributed by atoms with Crippen LogP contribution in [0.25, 0.3) is 0 Å². The third-order valence-electron chi connectivity index (χ3n) is 2.58. The van der Waals surface area contributed by atoms with Crippen molar-refractivity contribution in [3.8, 4) is 0 Å². The molecule has 0 radical (unpaired) electrons. The van der Waals surface area contributed by atoms with Crippen LogP contribution in [0.3, 0.4) is 0 Å². The summed E-state index contributed by atoms with van der Waals surface area (Å²) in [6.45, 7) is 2.87. The van der Waals surface area contributed by atoms with Crippen LogP contribution in [0.4, 0.5) is 5.69 Å². The summed E-state index contributed by atoms with van der Waals surface area (Å²) in [4.78, 5) is 13.8. The lowest BCUT2D eigenvalue weighted by atomic mass is 10.1. The molecule has 0 aliphatic heterocycles. The van der Waals surface area contributed by atoms with Crippen molar-refractivity contribution in [3.05, 3.63) is 34.5 Å². The topological polar surface area (TPSA) is 80.1 Å². The molecule has 0 spiro atoms. The van der Waals surface area contributed by atoms with Gasteiger partial charge in [0.05, 0.1) is 0 Å². The van der Waals surface area contributed by atoms with Crippen molar-refractivity contribution in [3.63, 3.8) is 0 Å². The maximum Gasteiger partial charge on any atom is 0.257 e. The molecule has 1 amide bonds. The van der Waals surface area contributed by atoms with Gasteiger partial charge < -0.3 is 15.4 Å². The van der Waals surface area contributed by atoms with Gasteiger partial charge in [0.15, 0.2) is 5.69 Å². The minimum absolute atomic E-state index is 0. The molecule has 0 bridgehead atoms. The van der Waals surface area contributed by atoms with E-state index in [0.29, 0.717) is 18.7 Å². The number of benzene rings is 1. The summed E-state index contributed by atoms with van der Waals surface area (Å²) in [5, 5.41) is 21.9. The SMILES string of the molecule is Cc1cccc(C(=O)NCCN(C)C)c1[NH+]([O-])O.Cl. The summed E-state index contributed by atoms with van der Waals surface area (Å²) in [6.07, 6.45) is 0. The minimum atomic E-state index is -1.08. The van der Waals surface area contributed by atoms with E-state index in [9.17, 15) is 10.0 Å². The van der Waals surface area contributed by atoms with E-state index in [4.69, 9.17) is 5.21 Å². The van der Waals surface area contributed by atoms with E-state index < -0.39 is 5.23 Å². The molecule has 1 aromatic carbocycles. The molecule has 1 unspecified atom stereocenters. The zero-order valence-electron chi connectivity index (χ0n) is 11.3. The molecule has 0 saturated carbocycles. The quantitative estimate of drug-likeness (QED) is 0.672. The molecule has 3 N–H and O–H groups in total. The Kier molecular flexibility index (Phi) is 7.58. The second kappa shape index (κ2) is 8.08. The standard InChI is InChI=1S/C12H19N3O3.ClH/c1-9-5-4-6-10(11(9)15(17)18)12(16)13-7-8-14(2)3;/h4-6,15,17H,7-8H2,1-3H3,(H,13,16);1H. The van der Waals surface area contributed by atoms with Gasteiger partial charge in [-0.15, -0.1) is 12.4 Å². The van der Waals surface area contributed by atoms with Crippen LogP contribution in [0.1, 0.15) is 15.9 Å². The molecule has 1 atom stereocenters. The van der Waals surface area contributed by atoms with Crippen LogP contribution in [-0.2, 0) is 0 Å². The molecule has 0 aromatic heterocycles. The van der Waals surface area contributed by atoms with Gasteiger partial charge in [-0.3, -0.25) is 4.79 Å². The molecule has 1 aromatic rings. The number of hydrogen-bond donors (Lipinski definition) is 3. The Labute approximate surface area is 119 Å². The van der Waals surface area contributed by atoms with Gasteiger partial charge in [-0.1, -0.05) is 12.1 Å². The number of carbonyl (C=O) groups is 1. The Morgan fingerprint density at radius 1 is 1.47 bits per heavy atom. The lowest BCUT2D eigenvalue weighted by Crippen LogP contribution is -2.99. The molecule has 0 saturated heterocycles. The molecule has 6 nitrogen and oxygen atoms in total. The molecule has 0 fully saturated rings. The van der Waals surface area contributed by atoms with E-state index in [1.54, 1.807) is 19.1 Å². The van der Waals surface area contributed by atoms with E-state index in [1.165, 1.54) is 6.07 Å². The van der Waals surface area contributed by atoms with Crippen molar-refractivity contribution < 1.29 is 15.2 Å². The summed E-state index contributed by atoms with van der Waals surface area (Å²) in [6, 6.07) is 4.89. The Morgan fingerprint density at radius 2 is 2.11 bits per heavy atom. The van der Waals surface area contributed by atoms with E-state index in [-0.39, 0.29) is 29.6 Å². The second-order valence-electron chi connectivity index (χ2n) is 4.36. The maximum atomic E-state index is 11.9. The van der Waals surface area contributed by atoms with E-state index in [0.717, 1.165) is 0 Å². The zero-order chi connectivity index (χ0) is 13.7. The van der Waals surface area contributed by atoms with Crippen LogP contribution in [0, 0.1) is 12.1 Å². The molecular weight excluding hydrogens is 270 g/mol. The Hall–Kier alpha value is -1.18. The fourth-order valence-corrected chi connectivity index (χ4v) is 1.63. The average Bonchev–Trinajstić information content (AvgIpc) is 2.27. The van der Waals surface area contributed by atoms with E-state index >= 15 is 0 Å². The fraction of sp³-hybridized carbons (Fsp3) is 0.417. The number of amides is 1. The molecule has 0 heterocycles. The summed E-state index contributed by atoms with van der Waals surface area (Å²) >= 11 is 0. The number of carbonyl (C=O) groups excluding carboxylic acids is 1. The predicted molar refractivity (Wildman–Crippen MR) is 75.1 cm³/mol. The van der Waals surface area contributed by atoms with E-state index in [2.05, 4.69) is 5.32 Å². The lowest BCUT2D eigenvalue weighted by Gasteiger charge is -2.18. The lowest BCUT2D eigenvalue weighted by molar-refractivity contribution is -0.991. The summed E-state index contributed by atoms with van der Waals surface area (Å²) in [5.41, 5.74) is 0.865. The highest BCUT2D eigenvalue weighted by Gasteiger charge is 2.18. The second-order valence-corrected chi connectivity index (χ2v) is 4.36. The summed E-state index contributed by atoms with van der Waals surface area (Å²) < 4.78 is 0. The van der Waals surface area contributed by atoms with Crippen LogP contribution in [0.2, 0.25) is 0 Å².